The standard InChI is InChI=1S/C8H10N2O2S/c9-4-7(12-3-1-2-11)8-5-10-6-13-8/h5-7,11H,1-3H2. The fourth-order valence-electron chi connectivity index (χ4n) is 0.804. The van der Waals surface area contributed by atoms with E-state index in [-0.39, 0.29) is 6.61 Å². The SMILES string of the molecule is N#CC(OCCCO)c1cncs1. The lowest BCUT2D eigenvalue weighted by molar-refractivity contribution is 0.0793. The number of hydrogen-bond donors (Lipinski definition) is 1. The molecule has 70 valence electrons. The molecule has 1 atom stereocenters. The molecule has 0 spiro atoms. The van der Waals surface area contributed by atoms with Crippen LogP contribution in [0.15, 0.2) is 11.7 Å². The Morgan fingerprint density at radius 3 is 3.15 bits per heavy atom. The maximum atomic E-state index is 8.74. The van der Waals surface area contributed by atoms with Crippen LogP contribution in [0.5, 0.6) is 0 Å². The van der Waals surface area contributed by atoms with Crippen molar-refractivity contribution in [2.75, 3.05) is 13.2 Å². The molecule has 1 N–H and O–H groups in total. The Balaban J connectivity index is 2.41. The van der Waals surface area contributed by atoms with Crippen LogP contribution in [-0.4, -0.2) is 23.3 Å². The van der Waals surface area contributed by atoms with Crippen molar-refractivity contribution in [2.24, 2.45) is 0 Å². The third-order valence-corrected chi connectivity index (χ3v) is 2.23. The summed E-state index contributed by atoms with van der Waals surface area (Å²) in [4.78, 5) is 4.66. The van der Waals surface area contributed by atoms with Gasteiger partial charge in [0.2, 0.25) is 0 Å². The van der Waals surface area contributed by atoms with Gasteiger partial charge < -0.3 is 9.84 Å². The minimum atomic E-state index is -0.543. The number of thiazole rings is 1. The van der Waals surface area contributed by atoms with E-state index in [1.807, 2.05) is 6.07 Å². The summed E-state index contributed by atoms with van der Waals surface area (Å²) in [6, 6.07) is 2.03. The highest BCUT2D eigenvalue weighted by atomic mass is 32.1. The van der Waals surface area contributed by atoms with Gasteiger partial charge in [-0.25, -0.2) is 0 Å². The van der Waals surface area contributed by atoms with Gasteiger partial charge in [0.25, 0.3) is 0 Å². The topological polar surface area (TPSA) is 66.1 Å². The van der Waals surface area contributed by atoms with E-state index >= 15 is 0 Å². The van der Waals surface area contributed by atoms with Crippen molar-refractivity contribution in [1.82, 2.24) is 4.98 Å². The molecule has 1 aromatic heterocycles. The first-order valence-corrected chi connectivity index (χ1v) is 4.77. The molecular weight excluding hydrogens is 188 g/mol. The lowest BCUT2D eigenvalue weighted by Gasteiger charge is -2.06. The number of ether oxygens (including phenoxy) is 1. The molecule has 1 rings (SSSR count). The Bertz CT molecular complexity index is 268. The third kappa shape index (κ3) is 3.11. The molecule has 13 heavy (non-hydrogen) atoms. The Hall–Kier alpha value is -0.960. The molecule has 0 bridgehead atoms. The summed E-state index contributed by atoms with van der Waals surface area (Å²) in [7, 11) is 0. The van der Waals surface area contributed by atoms with Crippen LogP contribution in [0.1, 0.15) is 17.4 Å². The van der Waals surface area contributed by atoms with Crippen LogP contribution in [0.2, 0.25) is 0 Å². The van der Waals surface area contributed by atoms with Gasteiger partial charge in [0.15, 0.2) is 6.10 Å². The number of hydrogen-bond acceptors (Lipinski definition) is 5. The van der Waals surface area contributed by atoms with Crippen LogP contribution >= 0.6 is 11.3 Å². The van der Waals surface area contributed by atoms with Gasteiger partial charge in [-0.3, -0.25) is 4.98 Å². The van der Waals surface area contributed by atoms with Gasteiger partial charge >= 0.3 is 0 Å². The first-order chi connectivity index (χ1) is 6.38. The Morgan fingerprint density at radius 2 is 2.62 bits per heavy atom. The summed E-state index contributed by atoms with van der Waals surface area (Å²) in [5.74, 6) is 0. The van der Waals surface area contributed by atoms with Crippen molar-refractivity contribution in [2.45, 2.75) is 12.5 Å². The van der Waals surface area contributed by atoms with Crippen molar-refractivity contribution >= 4 is 11.3 Å². The molecule has 0 aliphatic heterocycles. The second-order valence-electron chi connectivity index (χ2n) is 2.36. The van der Waals surface area contributed by atoms with E-state index in [2.05, 4.69) is 4.98 Å². The molecule has 0 aromatic carbocycles. The number of nitriles is 1. The van der Waals surface area contributed by atoms with Crippen LogP contribution in [0.3, 0.4) is 0 Å². The molecule has 0 radical (unpaired) electrons. The van der Waals surface area contributed by atoms with Crippen molar-refractivity contribution < 1.29 is 9.84 Å². The number of rotatable bonds is 5. The average molecular weight is 198 g/mol. The zero-order chi connectivity index (χ0) is 9.52. The monoisotopic (exact) mass is 198 g/mol. The number of aromatic nitrogens is 1. The second-order valence-corrected chi connectivity index (χ2v) is 3.28. The molecule has 0 amide bonds. The molecular formula is C8H10N2O2S. The first-order valence-electron chi connectivity index (χ1n) is 3.89. The zero-order valence-electron chi connectivity index (χ0n) is 7.01. The fourth-order valence-corrected chi connectivity index (χ4v) is 1.41. The second kappa shape index (κ2) is 5.65. The van der Waals surface area contributed by atoms with Gasteiger partial charge in [-0.2, -0.15) is 5.26 Å². The maximum Gasteiger partial charge on any atom is 0.179 e. The van der Waals surface area contributed by atoms with Crippen molar-refractivity contribution in [3.63, 3.8) is 0 Å². The van der Waals surface area contributed by atoms with Gasteiger partial charge in [0.1, 0.15) is 6.07 Å². The molecule has 0 fully saturated rings. The van der Waals surface area contributed by atoms with Crippen LogP contribution in [-0.2, 0) is 4.74 Å². The van der Waals surface area contributed by atoms with E-state index < -0.39 is 6.10 Å². The van der Waals surface area contributed by atoms with Gasteiger partial charge in [-0.05, 0) is 6.42 Å². The predicted molar refractivity (Wildman–Crippen MR) is 48.1 cm³/mol. The summed E-state index contributed by atoms with van der Waals surface area (Å²) >= 11 is 1.39. The van der Waals surface area contributed by atoms with Crippen LogP contribution in [0.25, 0.3) is 0 Å². The lowest BCUT2D eigenvalue weighted by Crippen LogP contribution is -2.03. The third-order valence-electron chi connectivity index (χ3n) is 1.41. The van der Waals surface area contributed by atoms with Crippen molar-refractivity contribution in [1.29, 1.82) is 5.26 Å². The lowest BCUT2D eigenvalue weighted by atomic mass is 10.3. The van der Waals surface area contributed by atoms with Crippen LogP contribution in [0.4, 0.5) is 0 Å². The zero-order valence-corrected chi connectivity index (χ0v) is 7.83. The highest BCUT2D eigenvalue weighted by Crippen LogP contribution is 2.19. The smallest absolute Gasteiger partial charge is 0.179 e. The van der Waals surface area contributed by atoms with Crippen LogP contribution < -0.4 is 0 Å². The number of aliphatic hydroxyl groups excluding tert-OH is 1. The van der Waals surface area contributed by atoms with Crippen LogP contribution in [0, 0.1) is 11.3 Å². The molecule has 0 saturated heterocycles. The Morgan fingerprint density at radius 1 is 1.77 bits per heavy atom. The number of nitrogens with zero attached hydrogens (tertiary/aromatic N) is 2. The number of aliphatic hydroxyl groups is 1. The predicted octanol–water partition coefficient (Wildman–Crippen LogP) is 1.11. The quantitative estimate of drug-likeness (QED) is 0.720. The Labute approximate surface area is 80.4 Å². The molecule has 4 nitrogen and oxygen atoms in total. The highest BCUT2D eigenvalue weighted by Gasteiger charge is 2.11. The Kier molecular flexibility index (Phi) is 4.40. The molecule has 5 heteroatoms. The summed E-state index contributed by atoms with van der Waals surface area (Å²) in [6.07, 6.45) is 1.63. The summed E-state index contributed by atoms with van der Waals surface area (Å²) < 4.78 is 5.23. The molecule has 1 heterocycles. The summed E-state index contributed by atoms with van der Waals surface area (Å²) in [6.45, 7) is 0.480. The van der Waals surface area contributed by atoms with Gasteiger partial charge in [-0.15, -0.1) is 11.3 Å². The molecule has 1 unspecified atom stereocenters. The largest absolute Gasteiger partial charge is 0.396 e. The summed E-state index contributed by atoms with van der Waals surface area (Å²) in [5.41, 5.74) is 1.66. The van der Waals surface area contributed by atoms with Gasteiger partial charge in [0, 0.05) is 12.8 Å². The van der Waals surface area contributed by atoms with Crippen molar-refractivity contribution in [3.8, 4) is 6.07 Å². The molecule has 0 saturated carbocycles. The summed E-state index contributed by atoms with van der Waals surface area (Å²) in [5, 5.41) is 17.2. The van der Waals surface area contributed by atoms with E-state index in [0.29, 0.717) is 13.0 Å². The van der Waals surface area contributed by atoms with E-state index in [1.54, 1.807) is 11.7 Å². The maximum absolute atomic E-state index is 8.74. The van der Waals surface area contributed by atoms with E-state index in [9.17, 15) is 0 Å². The fraction of sp³-hybridized carbons (Fsp3) is 0.500. The van der Waals surface area contributed by atoms with E-state index in [0.717, 1.165) is 4.88 Å². The minimum absolute atomic E-state index is 0.0842. The van der Waals surface area contributed by atoms with E-state index in [4.69, 9.17) is 15.1 Å². The van der Waals surface area contributed by atoms with Gasteiger partial charge in [-0.1, -0.05) is 0 Å². The van der Waals surface area contributed by atoms with Gasteiger partial charge in [0.05, 0.1) is 17.0 Å². The highest BCUT2D eigenvalue weighted by molar-refractivity contribution is 7.09. The minimum Gasteiger partial charge on any atom is -0.396 e. The van der Waals surface area contributed by atoms with Crippen molar-refractivity contribution in [3.05, 3.63) is 16.6 Å². The molecule has 0 aliphatic rings. The first kappa shape index (κ1) is 10.1. The molecule has 1 aromatic rings. The normalized spacial score (nSPS) is 12.3. The van der Waals surface area contributed by atoms with E-state index in [1.165, 1.54) is 11.3 Å². The molecule has 0 aliphatic carbocycles. The average Bonchev–Trinajstić information content (AvgIpc) is 2.65.